The lowest BCUT2D eigenvalue weighted by molar-refractivity contribution is -0.137. The number of anilines is 1. The maximum absolute atomic E-state index is 12.9. The fourth-order valence-electron chi connectivity index (χ4n) is 3.27. The predicted molar refractivity (Wildman–Crippen MR) is 125 cm³/mol. The molecule has 0 atom stereocenters. The molecule has 0 aliphatic carbocycles. The number of hydrogen-bond acceptors (Lipinski definition) is 5. The van der Waals surface area contributed by atoms with Crippen LogP contribution in [-0.2, 0) is 4.79 Å². The molecule has 0 saturated carbocycles. The Morgan fingerprint density at radius 1 is 0.794 bits per heavy atom. The first kappa shape index (κ1) is 24.1. The van der Waals surface area contributed by atoms with Crippen molar-refractivity contribution in [3.05, 3.63) is 89.0 Å². The number of aryl methyl sites for hydroxylation is 1. The molecule has 0 bridgehead atoms. The molecule has 0 heterocycles. The molecule has 3 amide bonds. The van der Waals surface area contributed by atoms with Crippen molar-refractivity contribution in [2.45, 2.75) is 6.92 Å². The van der Waals surface area contributed by atoms with E-state index in [1.54, 1.807) is 41.9 Å². The standard InChI is InChI=1S/C25H23N3O6/c1-15-3-5-17(6-4-15)23(31)26-21-12-19(16-7-9-18(10-8-16)24(32)27-34)11-20(13-21)25(33)28(2)14-22(29)30/h3-13,34H,14H2,1-2H3,(H,26,31)(H,27,32)(H,29,30). The molecule has 3 rings (SSSR count). The molecule has 0 aliphatic heterocycles. The topological polar surface area (TPSA) is 136 Å². The van der Waals surface area contributed by atoms with Crippen molar-refractivity contribution >= 4 is 29.4 Å². The number of hydroxylamine groups is 1. The third-order valence-electron chi connectivity index (χ3n) is 5.05. The van der Waals surface area contributed by atoms with Gasteiger partial charge in [-0.15, -0.1) is 0 Å². The Labute approximate surface area is 195 Å². The molecule has 9 heteroatoms. The van der Waals surface area contributed by atoms with Gasteiger partial charge >= 0.3 is 5.97 Å². The minimum absolute atomic E-state index is 0.178. The highest BCUT2D eigenvalue weighted by atomic mass is 16.5. The summed E-state index contributed by atoms with van der Waals surface area (Å²) in [7, 11) is 1.37. The molecule has 0 aromatic heterocycles. The Bertz CT molecular complexity index is 1240. The molecule has 0 fully saturated rings. The fourth-order valence-corrected chi connectivity index (χ4v) is 3.27. The van der Waals surface area contributed by atoms with Gasteiger partial charge in [0.15, 0.2) is 0 Å². The molecule has 0 spiro atoms. The average Bonchev–Trinajstić information content (AvgIpc) is 2.82. The minimum atomic E-state index is -1.15. The van der Waals surface area contributed by atoms with Gasteiger partial charge in [0, 0.05) is 29.4 Å². The van der Waals surface area contributed by atoms with Gasteiger partial charge in [0.25, 0.3) is 17.7 Å². The second-order valence-corrected chi connectivity index (χ2v) is 7.69. The number of hydrogen-bond donors (Lipinski definition) is 4. The van der Waals surface area contributed by atoms with Crippen LogP contribution < -0.4 is 10.8 Å². The van der Waals surface area contributed by atoms with Gasteiger partial charge in [-0.2, -0.15) is 0 Å². The molecule has 174 valence electrons. The summed E-state index contributed by atoms with van der Waals surface area (Å²) in [5, 5.41) is 20.6. The summed E-state index contributed by atoms with van der Waals surface area (Å²) in [5.74, 6) is -2.73. The van der Waals surface area contributed by atoms with E-state index in [-0.39, 0.29) is 17.0 Å². The minimum Gasteiger partial charge on any atom is -0.480 e. The van der Waals surface area contributed by atoms with Crippen molar-refractivity contribution in [3.8, 4) is 11.1 Å². The Morgan fingerprint density at radius 2 is 1.38 bits per heavy atom. The van der Waals surface area contributed by atoms with E-state index < -0.39 is 24.3 Å². The van der Waals surface area contributed by atoms with Crippen LogP contribution in [-0.4, -0.2) is 52.5 Å². The van der Waals surface area contributed by atoms with E-state index in [9.17, 15) is 19.2 Å². The summed E-state index contributed by atoms with van der Waals surface area (Å²) in [4.78, 5) is 49.3. The third kappa shape index (κ3) is 5.84. The predicted octanol–water partition coefficient (Wildman–Crippen LogP) is 3.19. The maximum Gasteiger partial charge on any atom is 0.323 e. The lowest BCUT2D eigenvalue weighted by Gasteiger charge is -2.17. The van der Waals surface area contributed by atoms with Crippen molar-refractivity contribution in [2.75, 3.05) is 18.9 Å². The maximum atomic E-state index is 12.9. The van der Waals surface area contributed by atoms with Gasteiger partial charge in [-0.1, -0.05) is 29.8 Å². The van der Waals surface area contributed by atoms with Gasteiger partial charge < -0.3 is 15.3 Å². The molecule has 0 unspecified atom stereocenters. The van der Waals surface area contributed by atoms with E-state index in [0.29, 0.717) is 22.4 Å². The number of rotatable bonds is 7. The van der Waals surface area contributed by atoms with Gasteiger partial charge in [0.2, 0.25) is 0 Å². The van der Waals surface area contributed by atoms with Gasteiger partial charge in [-0.05, 0) is 60.5 Å². The van der Waals surface area contributed by atoms with Gasteiger partial charge in [-0.3, -0.25) is 24.4 Å². The number of benzene rings is 3. The van der Waals surface area contributed by atoms with Crippen LogP contribution in [0.15, 0.2) is 66.7 Å². The highest BCUT2D eigenvalue weighted by molar-refractivity contribution is 6.06. The smallest absolute Gasteiger partial charge is 0.323 e. The summed E-state index contributed by atoms with van der Waals surface area (Å²) in [5.41, 5.74) is 4.94. The largest absolute Gasteiger partial charge is 0.480 e. The number of likely N-dealkylation sites (N-methyl/N-ethyl adjacent to an activating group) is 1. The summed E-state index contributed by atoms with van der Waals surface area (Å²) < 4.78 is 0. The lowest BCUT2D eigenvalue weighted by Crippen LogP contribution is -2.32. The van der Waals surface area contributed by atoms with E-state index in [1.165, 1.54) is 25.2 Å². The van der Waals surface area contributed by atoms with E-state index in [4.69, 9.17) is 10.3 Å². The van der Waals surface area contributed by atoms with Crippen LogP contribution in [0.4, 0.5) is 5.69 Å². The number of carbonyl (C=O) groups excluding carboxylic acids is 3. The average molecular weight is 461 g/mol. The Hall–Kier alpha value is -4.50. The Balaban J connectivity index is 1.99. The number of amides is 3. The van der Waals surface area contributed by atoms with Crippen LogP contribution >= 0.6 is 0 Å². The number of aliphatic carboxylic acids is 1. The Kier molecular flexibility index (Phi) is 7.39. The van der Waals surface area contributed by atoms with E-state index in [0.717, 1.165) is 10.5 Å². The zero-order chi connectivity index (χ0) is 24.8. The van der Waals surface area contributed by atoms with Crippen LogP contribution in [0, 0.1) is 6.92 Å². The molecular formula is C25H23N3O6. The number of carboxylic acids is 1. The molecule has 4 N–H and O–H groups in total. The molecule has 0 radical (unpaired) electrons. The lowest BCUT2D eigenvalue weighted by atomic mass is 10.00. The normalized spacial score (nSPS) is 10.3. The molecule has 3 aromatic carbocycles. The molecule has 3 aromatic rings. The van der Waals surface area contributed by atoms with Gasteiger partial charge in [0.05, 0.1) is 0 Å². The van der Waals surface area contributed by atoms with E-state index in [2.05, 4.69) is 5.32 Å². The summed E-state index contributed by atoms with van der Waals surface area (Å²) in [6.07, 6.45) is 0. The summed E-state index contributed by atoms with van der Waals surface area (Å²) in [6, 6.07) is 18.0. The van der Waals surface area contributed by atoms with E-state index >= 15 is 0 Å². The first-order valence-electron chi connectivity index (χ1n) is 10.2. The highest BCUT2D eigenvalue weighted by Crippen LogP contribution is 2.26. The molecule has 34 heavy (non-hydrogen) atoms. The molecule has 0 saturated heterocycles. The van der Waals surface area contributed by atoms with Crippen molar-refractivity contribution in [1.82, 2.24) is 10.4 Å². The van der Waals surface area contributed by atoms with Gasteiger partial charge in [-0.25, -0.2) is 5.48 Å². The Morgan fingerprint density at radius 3 is 1.97 bits per heavy atom. The summed E-state index contributed by atoms with van der Waals surface area (Å²) >= 11 is 0. The number of nitrogens with zero attached hydrogens (tertiary/aromatic N) is 1. The SMILES string of the molecule is Cc1ccc(C(=O)Nc2cc(C(=O)N(C)CC(=O)O)cc(-c3ccc(C(=O)NO)cc3)c2)cc1. The third-order valence-corrected chi connectivity index (χ3v) is 5.05. The molecule has 0 aliphatic rings. The van der Waals surface area contributed by atoms with Crippen molar-refractivity contribution < 1.29 is 29.5 Å². The van der Waals surface area contributed by atoms with E-state index in [1.807, 2.05) is 19.1 Å². The number of carboxylic acid groups (broad SMARTS) is 1. The van der Waals surface area contributed by atoms with Crippen LogP contribution in [0.2, 0.25) is 0 Å². The van der Waals surface area contributed by atoms with Crippen molar-refractivity contribution in [2.24, 2.45) is 0 Å². The van der Waals surface area contributed by atoms with Crippen LogP contribution in [0.3, 0.4) is 0 Å². The second-order valence-electron chi connectivity index (χ2n) is 7.69. The monoisotopic (exact) mass is 461 g/mol. The molecular weight excluding hydrogens is 438 g/mol. The first-order chi connectivity index (χ1) is 16.2. The first-order valence-corrected chi connectivity index (χ1v) is 10.2. The quantitative estimate of drug-likeness (QED) is 0.315. The molecule has 9 nitrogen and oxygen atoms in total. The van der Waals surface area contributed by atoms with Crippen LogP contribution in [0.5, 0.6) is 0 Å². The van der Waals surface area contributed by atoms with Crippen LogP contribution in [0.1, 0.15) is 36.6 Å². The highest BCUT2D eigenvalue weighted by Gasteiger charge is 2.18. The number of nitrogens with one attached hydrogen (secondary N) is 2. The van der Waals surface area contributed by atoms with Crippen molar-refractivity contribution in [3.63, 3.8) is 0 Å². The fraction of sp³-hybridized carbons (Fsp3) is 0.120. The van der Waals surface area contributed by atoms with Crippen molar-refractivity contribution in [1.29, 1.82) is 0 Å². The second kappa shape index (κ2) is 10.4. The summed E-state index contributed by atoms with van der Waals surface area (Å²) in [6.45, 7) is 1.42. The number of carbonyl (C=O) groups is 4. The zero-order valence-corrected chi connectivity index (χ0v) is 18.5. The zero-order valence-electron chi connectivity index (χ0n) is 18.5. The van der Waals surface area contributed by atoms with Gasteiger partial charge in [0.1, 0.15) is 6.54 Å². The van der Waals surface area contributed by atoms with Crippen LogP contribution in [0.25, 0.3) is 11.1 Å².